The van der Waals surface area contributed by atoms with Crippen LogP contribution < -0.4 is 5.73 Å². The van der Waals surface area contributed by atoms with Crippen LogP contribution in [0.25, 0.3) is 0 Å². The van der Waals surface area contributed by atoms with Gasteiger partial charge in [-0.25, -0.2) is 8.42 Å². The fourth-order valence-electron chi connectivity index (χ4n) is 1.93. The molecule has 0 aliphatic carbocycles. The summed E-state index contributed by atoms with van der Waals surface area (Å²) in [7, 11) is -2.92. The normalized spacial score (nSPS) is 24.0. The van der Waals surface area contributed by atoms with Crippen molar-refractivity contribution in [2.24, 2.45) is 5.73 Å². The number of carbonyl (C=O) groups is 1. The minimum Gasteiger partial charge on any atom is -0.339 e. The third-order valence-electron chi connectivity index (χ3n) is 2.67. The summed E-state index contributed by atoms with van der Waals surface area (Å²) in [5.74, 6) is 0.267. The van der Waals surface area contributed by atoms with Gasteiger partial charge >= 0.3 is 0 Å². The van der Waals surface area contributed by atoms with Crippen LogP contribution in [0.4, 0.5) is 0 Å². The van der Waals surface area contributed by atoms with Gasteiger partial charge in [0.1, 0.15) is 0 Å². The molecule has 88 valence electrons. The Bertz CT molecular complexity index is 326. The number of sulfone groups is 1. The summed E-state index contributed by atoms with van der Waals surface area (Å²) in [5, 5.41) is 0. The molecule has 0 aromatic rings. The molecule has 1 fully saturated rings. The molecule has 1 amide bonds. The molecule has 1 aliphatic heterocycles. The summed E-state index contributed by atoms with van der Waals surface area (Å²) < 4.78 is 22.6. The van der Waals surface area contributed by atoms with E-state index in [1.165, 1.54) is 0 Å². The zero-order chi connectivity index (χ0) is 11.5. The van der Waals surface area contributed by atoms with Gasteiger partial charge in [-0.05, 0) is 13.3 Å². The van der Waals surface area contributed by atoms with Crippen LogP contribution in [0.1, 0.15) is 19.8 Å². The van der Waals surface area contributed by atoms with Gasteiger partial charge in [-0.1, -0.05) is 0 Å². The van der Waals surface area contributed by atoms with E-state index >= 15 is 0 Å². The van der Waals surface area contributed by atoms with Crippen molar-refractivity contribution in [3.05, 3.63) is 0 Å². The van der Waals surface area contributed by atoms with Gasteiger partial charge in [0, 0.05) is 25.6 Å². The van der Waals surface area contributed by atoms with Gasteiger partial charge in [-0.15, -0.1) is 0 Å². The number of amides is 1. The summed E-state index contributed by atoms with van der Waals surface area (Å²) in [6.07, 6.45) is 0.858. The Labute approximate surface area is 90.5 Å². The lowest BCUT2D eigenvalue weighted by molar-refractivity contribution is -0.132. The van der Waals surface area contributed by atoms with Crippen molar-refractivity contribution < 1.29 is 13.2 Å². The van der Waals surface area contributed by atoms with Crippen LogP contribution in [-0.2, 0) is 14.6 Å². The van der Waals surface area contributed by atoms with E-state index in [-0.39, 0.29) is 23.5 Å². The van der Waals surface area contributed by atoms with Crippen molar-refractivity contribution in [3.8, 4) is 0 Å². The second kappa shape index (κ2) is 4.94. The molecule has 1 rings (SSSR count). The predicted molar refractivity (Wildman–Crippen MR) is 58.1 cm³/mol. The Morgan fingerprint density at radius 2 is 2.20 bits per heavy atom. The summed E-state index contributed by atoms with van der Waals surface area (Å²) in [6.45, 7) is 2.73. The molecular formula is C9H18N2O3S. The molecule has 0 radical (unpaired) electrons. The predicted octanol–water partition coefficient (Wildman–Crippen LogP) is -0.629. The van der Waals surface area contributed by atoms with Crippen LogP contribution in [0.3, 0.4) is 0 Å². The van der Waals surface area contributed by atoms with E-state index in [4.69, 9.17) is 5.73 Å². The Morgan fingerprint density at radius 1 is 1.53 bits per heavy atom. The average Bonchev–Trinajstić information content (AvgIpc) is 2.48. The molecule has 0 aromatic carbocycles. The Balaban J connectivity index is 2.64. The molecule has 6 heteroatoms. The van der Waals surface area contributed by atoms with Crippen molar-refractivity contribution in [2.75, 3.05) is 24.6 Å². The van der Waals surface area contributed by atoms with Gasteiger partial charge in [-0.3, -0.25) is 4.79 Å². The molecule has 1 heterocycles. The maximum absolute atomic E-state index is 11.6. The van der Waals surface area contributed by atoms with Crippen LogP contribution in [0.5, 0.6) is 0 Å². The van der Waals surface area contributed by atoms with Crippen molar-refractivity contribution >= 4 is 15.7 Å². The highest BCUT2D eigenvalue weighted by Crippen LogP contribution is 2.18. The Kier molecular flexibility index (Phi) is 4.10. The Morgan fingerprint density at radius 3 is 2.60 bits per heavy atom. The molecule has 1 saturated heterocycles. The second-order valence-corrected chi connectivity index (χ2v) is 6.00. The SMILES string of the molecule is CCN(C(=O)CCN)C1CCS(=O)(=O)C1. The molecule has 1 atom stereocenters. The van der Waals surface area contributed by atoms with E-state index in [0.717, 1.165) is 0 Å². The third-order valence-corrected chi connectivity index (χ3v) is 4.42. The average molecular weight is 234 g/mol. The van der Waals surface area contributed by atoms with E-state index in [1.807, 2.05) is 6.92 Å². The summed E-state index contributed by atoms with van der Waals surface area (Å²) in [5.41, 5.74) is 5.31. The first-order chi connectivity index (χ1) is 7.00. The molecular weight excluding hydrogens is 216 g/mol. The van der Waals surface area contributed by atoms with Gasteiger partial charge in [0.2, 0.25) is 5.91 Å². The first-order valence-corrected chi connectivity index (χ1v) is 7.02. The number of nitrogens with two attached hydrogens (primary N) is 1. The molecule has 1 unspecified atom stereocenters. The van der Waals surface area contributed by atoms with Crippen molar-refractivity contribution in [1.29, 1.82) is 0 Å². The topological polar surface area (TPSA) is 80.5 Å². The molecule has 5 nitrogen and oxygen atoms in total. The highest BCUT2D eigenvalue weighted by atomic mass is 32.2. The standard InChI is InChI=1S/C9H18N2O3S/c1-2-11(9(12)3-5-10)8-4-6-15(13,14)7-8/h8H,2-7,10H2,1H3. The lowest BCUT2D eigenvalue weighted by atomic mass is 10.2. The third kappa shape index (κ3) is 3.17. The summed E-state index contributed by atoms with van der Waals surface area (Å²) >= 11 is 0. The fraction of sp³-hybridized carbons (Fsp3) is 0.889. The second-order valence-electron chi connectivity index (χ2n) is 3.78. The zero-order valence-electron chi connectivity index (χ0n) is 8.98. The van der Waals surface area contributed by atoms with Gasteiger partial charge < -0.3 is 10.6 Å². The van der Waals surface area contributed by atoms with Crippen molar-refractivity contribution in [1.82, 2.24) is 4.90 Å². The van der Waals surface area contributed by atoms with Gasteiger partial charge in [0.25, 0.3) is 0 Å². The van der Waals surface area contributed by atoms with E-state index in [0.29, 0.717) is 25.9 Å². The Hall–Kier alpha value is -0.620. The highest BCUT2D eigenvalue weighted by molar-refractivity contribution is 7.91. The number of hydrogen-bond acceptors (Lipinski definition) is 4. The van der Waals surface area contributed by atoms with Crippen LogP contribution in [-0.4, -0.2) is 49.9 Å². The minimum atomic E-state index is -2.92. The first-order valence-electron chi connectivity index (χ1n) is 5.20. The number of carbonyl (C=O) groups excluding carboxylic acids is 1. The molecule has 0 spiro atoms. The lowest BCUT2D eigenvalue weighted by Crippen LogP contribution is -2.41. The van der Waals surface area contributed by atoms with Crippen LogP contribution in [0, 0.1) is 0 Å². The molecule has 1 aliphatic rings. The van der Waals surface area contributed by atoms with E-state index in [9.17, 15) is 13.2 Å². The highest BCUT2D eigenvalue weighted by Gasteiger charge is 2.33. The van der Waals surface area contributed by atoms with E-state index < -0.39 is 9.84 Å². The largest absolute Gasteiger partial charge is 0.339 e. The maximum Gasteiger partial charge on any atom is 0.224 e. The van der Waals surface area contributed by atoms with Gasteiger partial charge in [0.05, 0.1) is 11.5 Å². The van der Waals surface area contributed by atoms with E-state index in [2.05, 4.69) is 0 Å². The maximum atomic E-state index is 11.6. The minimum absolute atomic E-state index is 0.0397. The molecule has 0 bridgehead atoms. The molecule has 0 aromatic heterocycles. The smallest absolute Gasteiger partial charge is 0.224 e. The fourth-order valence-corrected chi connectivity index (χ4v) is 3.66. The monoisotopic (exact) mass is 234 g/mol. The quantitative estimate of drug-likeness (QED) is 0.702. The van der Waals surface area contributed by atoms with Gasteiger partial charge in [0.15, 0.2) is 9.84 Å². The molecule has 15 heavy (non-hydrogen) atoms. The number of hydrogen-bond donors (Lipinski definition) is 1. The lowest BCUT2D eigenvalue weighted by Gasteiger charge is -2.26. The van der Waals surface area contributed by atoms with Crippen LogP contribution >= 0.6 is 0 Å². The zero-order valence-corrected chi connectivity index (χ0v) is 9.79. The van der Waals surface area contributed by atoms with Crippen LogP contribution in [0.15, 0.2) is 0 Å². The number of rotatable bonds is 4. The first kappa shape index (κ1) is 12.4. The number of nitrogens with zero attached hydrogens (tertiary/aromatic N) is 1. The molecule has 2 N–H and O–H groups in total. The summed E-state index contributed by atoms with van der Waals surface area (Å²) in [4.78, 5) is 13.3. The molecule has 0 saturated carbocycles. The van der Waals surface area contributed by atoms with E-state index in [1.54, 1.807) is 4.90 Å². The van der Waals surface area contributed by atoms with Crippen molar-refractivity contribution in [3.63, 3.8) is 0 Å². The van der Waals surface area contributed by atoms with Gasteiger partial charge in [-0.2, -0.15) is 0 Å². The summed E-state index contributed by atoms with van der Waals surface area (Å²) in [6, 6.07) is -0.140. The van der Waals surface area contributed by atoms with Crippen LogP contribution in [0.2, 0.25) is 0 Å². The van der Waals surface area contributed by atoms with Crippen molar-refractivity contribution in [2.45, 2.75) is 25.8 Å².